The molecule has 0 aliphatic heterocycles. The molecule has 0 N–H and O–H groups in total. The van der Waals surface area contributed by atoms with Gasteiger partial charge < -0.3 is 9.47 Å². The Morgan fingerprint density at radius 2 is 2.21 bits per heavy atom. The van der Waals surface area contributed by atoms with Gasteiger partial charge in [-0.3, -0.25) is 4.98 Å². The number of pyridine rings is 1. The highest BCUT2D eigenvalue weighted by Gasteiger charge is 2.17. The first-order chi connectivity index (χ1) is 9.08. The number of hydrogen-bond donors (Lipinski definition) is 0. The highest BCUT2D eigenvalue weighted by molar-refractivity contribution is 6.38. The lowest BCUT2D eigenvalue weighted by Crippen LogP contribution is -2.06. The van der Waals surface area contributed by atoms with Crippen LogP contribution in [0.5, 0.6) is 5.75 Å². The van der Waals surface area contributed by atoms with Gasteiger partial charge in [0.15, 0.2) is 11.6 Å². The van der Waals surface area contributed by atoms with Gasteiger partial charge in [0.05, 0.1) is 29.8 Å². The Balaban J connectivity index is 2.63. The Morgan fingerprint density at radius 3 is 2.84 bits per heavy atom. The van der Waals surface area contributed by atoms with Gasteiger partial charge >= 0.3 is 5.97 Å². The van der Waals surface area contributed by atoms with Crippen LogP contribution >= 0.6 is 11.6 Å². The smallest absolute Gasteiger partial charge is 0.341 e. The third-order valence-corrected chi connectivity index (χ3v) is 2.98. The molecule has 0 saturated heterocycles. The largest absolute Gasteiger partial charge is 0.494 e. The number of esters is 1. The molecule has 0 atom stereocenters. The van der Waals surface area contributed by atoms with Crippen LogP contribution in [0, 0.1) is 5.82 Å². The molecule has 1 aromatic carbocycles. The number of carbonyl (C=O) groups excluding carboxylic acids is 1. The number of hydrogen-bond acceptors (Lipinski definition) is 4. The molecular weight excluding hydrogens is 273 g/mol. The first-order valence-corrected chi connectivity index (χ1v) is 5.95. The number of fused-ring (bicyclic) bond motifs is 1. The Labute approximate surface area is 114 Å². The van der Waals surface area contributed by atoms with Crippen LogP contribution < -0.4 is 4.74 Å². The van der Waals surface area contributed by atoms with Crippen LogP contribution in [0.25, 0.3) is 10.9 Å². The Hall–Kier alpha value is -1.88. The SMILES string of the molecule is CCOC(=O)c1cnc2cc(F)c(OC)cc2c1Cl. The molecule has 19 heavy (non-hydrogen) atoms. The summed E-state index contributed by atoms with van der Waals surface area (Å²) in [5.74, 6) is -1.06. The summed E-state index contributed by atoms with van der Waals surface area (Å²) < 4.78 is 23.3. The van der Waals surface area contributed by atoms with Gasteiger partial charge in [-0.1, -0.05) is 11.6 Å². The van der Waals surface area contributed by atoms with Crippen molar-refractivity contribution < 1.29 is 18.7 Å². The molecule has 0 amide bonds. The topological polar surface area (TPSA) is 48.4 Å². The van der Waals surface area contributed by atoms with E-state index in [2.05, 4.69) is 4.98 Å². The van der Waals surface area contributed by atoms with Crippen molar-refractivity contribution in [1.29, 1.82) is 0 Å². The summed E-state index contributed by atoms with van der Waals surface area (Å²) >= 11 is 6.13. The predicted octanol–water partition coefficient (Wildman–Crippen LogP) is 3.21. The van der Waals surface area contributed by atoms with E-state index in [0.717, 1.165) is 0 Å². The van der Waals surface area contributed by atoms with E-state index in [1.807, 2.05) is 0 Å². The van der Waals surface area contributed by atoms with E-state index in [1.165, 1.54) is 25.4 Å². The van der Waals surface area contributed by atoms with E-state index < -0.39 is 11.8 Å². The van der Waals surface area contributed by atoms with Crippen molar-refractivity contribution in [3.05, 3.63) is 34.7 Å². The fourth-order valence-corrected chi connectivity index (χ4v) is 1.95. The fraction of sp³-hybridized carbons (Fsp3) is 0.231. The maximum atomic E-state index is 13.5. The Morgan fingerprint density at radius 1 is 1.47 bits per heavy atom. The number of rotatable bonds is 3. The molecule has 1 heterocycles. The number of nitrogens with zero attached hydrogens (tertiary/aromatic N) is 1. The summed E-state index contributed by atoms with van der Waals surface area (Å²) in [6.45, 7) is 1.93. The van der Waals surface area contributed by atoms with Gasteiger partial charge in [-0.05, 0) is 13.0 Å². The van der Waals surface area contributed by atoms with E-state index in [0.29, 0.717) is 10.9 Å². The average molecular weight is 284 g/mol. The minimum absolute atomic E-state index is 0.0391. The standard InChI is InChI=1S/C13H11ClFNO3/c1-3-19-13(17)8-6-16-10-5-9(15)11(18-2)4-7(10)12(8)14/h4-6H,3H2,1-2H3. The number of halogens is 2. The Bertz CT molecular complexity index is 645. The van der Waals surface area contributed by atoms with E-state index in [9.17, 15) is 9.18 Å². The molecule has 0 aliphatic rings. The summed E-state index contributed by atoms with van der Waals surface area (Å²) in [5, 5.41) is 0.604. The van der Waals surface area contributed by atoms with Gasteiger partial charge in [0.25, 0.3) is 0 Å². The van der Waals surface area contributed by atoms with Crippen LogP contribution in [0.1, 0.15) is 17.3 Å². The van der Waals surface area contributed by atoms with Crippen molar-refractivity contribution in [3.8, 4) is 5.75 Å². The molecule has 4 nitrogen and oxygen atoms in total. The number of carbonyl (C=O) groups is 1. The van der Waals surface area contributed by atoms with Crippen LogP contribution in [-0.4, -0.2) is 24.7 Å². The van der Waals surface area contributed by atoms with Crippen LogP contribution in [-0.2, 0) is 4.74 Å². The number of ether oxygens (including phenoxy) is 2. The summed E-state index contributed by atoms with van der Waals surface area (Å²) in [4.78, 5) is 15.7. The van der Waals surface area contributed by atoms with Crippen molar-refractivity contribution in [1.82, 2.24) is 4.98 Å². The molecule has 0 radical (unpaired) electrons. The van der Waals surface area contributed by atoms with Gasteiger partial charge in [0, 0.05) is 17.6 Å². The quantitative estimate of drug-likeness (QED) is 0.812. The second-order valence-electron chi connectivity index (χ2n) is 3.71. The average Bonchev–Trinajstić information content (AvgIpc) is 2.38. The molecule has 2 aromatic rings. The molecule has 1 aromatic heterocycles. The molecular formula is C13H11ClFNO3. The Kier molecular flexibility index (Phi) is 3.85. The van der Waals surface area contributed by atoms with Gasteiger partial charge in [-0.25, -0.2) is 9.18 Å². The maximum Gasteiger partial charge on any atom is 0.341 e. The van der Waals surface area contributed by atoms with E-state index in [4.69, 9.17) is 21.1 Å². The van der Waals surface area contributed by atoms with Gasteiger partial charge in [-0.2, -0.15) is 0 Å². The minimum atomic E-state index is -0.565. The molecule has 6 heteroatoms. The maximum absolute atomic E-state index is 13.5. The molecule has 0 spiro atoms. The normalized spacial score (nSPS) is 10.5. The molecule has 0 saturated carbocycles. The zero-order valence-corrected chi connectivity index (χ0v) is 11.1. The zero-order valence-electron chi connectivity index (χ0n) is 10.4. The third kappa shape index (κ3) is 2.46. The van der Waals surface area contributed by atoms with E-state index in [-0.39, 0.29) is 22.9 Å². The number of aromatic nitrogens is 1. The van der Waals surface area contributed by atoms with Crippen molar-refractivity contribution in [2.45, 2.75) is 6.92 Å². The molecule has 0 aliphatic carbocycles. The van der Waals surface area contributed by atoms with Crippen LogP contribution in [0.2, 0.25) is 5.02 Å². The van der Waals surface area contributed by atoms with Gasteiger partial charge in [0.2, 0.25) is 0 Å². The first kappa shape index (κ1) is 13.5. The molecule has 2 rings (SSSR count). The van der Waals surface area contributed by atoms with Crippen LogP contribution in [0.4, 0.5) is 4.39 Å². The monoisotopic (exact) mass is 283 g/mol. The second-order valence-corrected chi connectivity index (χ2v) is 4.09. The predicted molar refractivity (Wildman–Crippen MR) is 69.2 cm³/mol. The fourth-order valence-electron chi connectivity index (χ4n) is 1.67. The van der Waals surface area contributed by atoms with Crippen LogP contribution in [0.15, 0.2) is 18.3 Å². The summed E-state index contributed by atoms with van der Waals surface area (Å²) in [5.41, 5.74) is 0.487. The number of benzene rings is 1. The van der Waals surface area contributed by atoms with Gasteiger partial charge in [-0.15, -0.1) is 0 Å². The molecule has 100 valence electrons. The lowest BCUT2D eigenvalue weighted by molar-refractivity contribution is 0.0526. The highest BCUT2D eigenvalue weighted by Crippen LogP contribution is 2.31. The zero-order chi connectivity index (χ0) is 14.0. The second kappa shape index (κ2) is 5.40. The first-order valence-electron chi connectivity index (χ1n) is 5.57. The van der Waals surface area contributed by atoms with E-state index >= 15 is 0 Å². The van der Waals surface area contributed by atoms with Crippen molar-refractivity contribution in [2.75, 3.05) is 13.7 Å². The molecule has 0 fully saturated rings. The van der Waals surface area contributed by atoms with Crippen molar-refractivity contribution >= 4 is 28.5 Å². The lowest BCUT2D eigenvalue weighted by Gasteiger charge is -2.08. The molecule has 0 bridgehead atoms. The van der Waals surface area contributed by atoms with E-state index in [1.54, 1.807) is 6.92 Å². The van der Waals surface area contributed by atoms with Crippen LogP contribution in [0.3, 0.4) is 0 Å². The molecule has 0 unspecified atom stereocenters. The van der Waals surface area contributed by atoms with Crippen molar-refractivity contribution in [2.24, 2.45) is 0 Å². The van der Waals surface area contributed by atoms with Gasteiger partial charge in [0.1, 0.15) is 0 Å². The number of methoxy groups -OCH3 is 1. The minimum Gasteiger partial charge on any atom is -0.494 e. The summed E-state index contributed by atoms with van der Waals surface area (Å²) in [6, 6.07) is 2.61. The summed E-state index contributed by atoms with van der Waals surface area (Å²) in [6.07, 6.45) is 1.27. The summed E-state index contributed by atoms with van der Waals surface area (Å²) in [7, 11) is 1.35. The third-order valence-electron chi connectivity index (χ3n) is 2.57. The highest BCUT2D eigenvalue weighted by atomic mass is 35.5. The lowest BCUT2D eigenvalue weighted by atomic mass is 10.1. The van der Waals surface area contributed by atoms with Crippen molar-refractivity contribution in [3.63, 3.8) is 0 Å².